The van der Waals surface area contributed by atoms with Crippen molar-refractivity contribution in [1.29, 1.82) is 0 Å². The molecule has 164 valence electrons. The van der Waals surface area contributed by atoms with Gasteiger partial charge in [-0.2, -0.15) is 0 Å². The molecule has 0 saturated carbocycles. The summed E-state index contributed by atoms with van der Waals surface area (Å²) in [6.45, 7) is 6.61. The van der Waals surface area contributed by atoms with Gasteiger partial charge >= 0.3 is 6.03 Å². The molecule has 1 fully saturated rings. The van der Waals surface area contributed by atoms with E-state index in [2.05, 4.69) is 55.7 Å². The summed E-state index contributed by atoms with van der Waals surface area (Å²) in [5, 5.41) is 5.65. The van der Waals surface area contributed by atoms with Crippen LogP contribution < -0.4 is 10.6 Å². The number of hydrogen-bond acceptors (Lipinski definition) is 3. The van der Waals surface area contributed by atoms with E-state index in [1.807, 2.05) is 0 Å². The Kier molecular flexibility index (Phi) is 7.45. The lowest BCUT2D eigenvalue weighted by Gasteiger charge is -2.23. The maximum absolute atomic E-state index is 12.9. The second-order valence-corrected chi connectivity index (χ2v) is 8.38. The number of benzene rings is 2. The fourth-order valence-corrected chi connectivity index (χ4v) is 3.69. The molecule has 0 radical (unpaired) electrons. The first-order chi connectivity index (χ1) is 14.9. The van der Waals surface area contributed by atoms with Crippen LogP contribution in [0.2, 0.25) is 0 Å². The summed E-state index contributed by atoms with van der Waals surface area (Å²) in [7, 11) is 0. The number of nitrogens with zero attached hydrogens (tertiary/aromatic N) is 1. The van der Waals surface area contributed by atoms with Crippen LogP contribution in [-0.4, -0.2) is 29.3 Å². The molecule has 1 atom stereocenters. The van der Waals surface area contributed by atoms with Crippen LogP contribution in [0.3, 0.4) is 0 Å². The quantitative estimate of drug-likeness (QED) is 0.596. The number of urea groups is 1. The molecule has 1 unspecified atom stereocenters. The van der Waals surface area contributed by atoms with E-state index in [0.29, 0.717) is 5.56 Å². The van der Waals surface area contributed by atoms with E-state index in [9.17, 15) is 14.4 Å². The van der Waals surface area contributed by atoms with Gasteiger partial charge in [0.05, 0.1) is 19.1 Å². The molecule has 0 spiro atoms. The first kappa shape index (κ1) is 22.5. The molecule has 3 rings (SSSR count). The third-order valence-electron chi connectivity index (χ3n) is 5.60. The molecule has 6 nitrogen and oxygen atoms in total. The maximum atomic E-state index is 12.9. The second kappa shape index (κ2) is 10.2. The van der Waals surface area contributed by atoms with Crippen molar-refractivity contribution in [2.45, 2.75) is 52.6 Å². The van der Waals surface area contributed by atoms with Crippen LogP contribution in [0.1, 0.15) is 66.7 Å². The maximum Gasteiger partial charge on any atom is 0.324 e. The summed E-state index contributed by atoms with van der Waals surface area (Å²) >= 11 is 0. The van der Waals surface area contributed by atoms with Crippen molar-refractivity contribution in [3.05, 3.63) is 70.8 Å². The fraction of sp³-hybridized carbons (Fsp3) is 0.400. The number of rotatable bonds is 9. The summed E-state index contributed by atoms with van der Waals surface area (Å²) in [6.07, 6.45) is 3.43. The molecule has 2 aromatic carbocycles. The molecule has 6 heteroatoms. The molecule has 1 aliphatic heterocycles. The molecule has 0 aliphatic carbocycles. The summed E-state index contributed by atoms with van der Waals surface area (Å²) in [6, 6.07) is 15.1. The second-order valence-electron chi connectivity index (χ2n) is 8.38. The van der Waals surface area contributed by atoms with E-state index in [1.165, 1.54) is 23.3 Å². The van der Waals surface area contributed by atoms with Gasteiger partial charge in [-0.3, -0.25) is 14.5 Å². The van der Waals surface area contributed by atoms with E-state index >= 15 is 0 Å². The molecule has 31 heavy (non-hydrogen) atoms. The Morgan fingerprint density at radius 2 is 1.68 bits per heavy atom. The average Bonchev–Trinajstić information content (AvgIpc) is 3.08. The number of aryl methyl sites for hydroxylation is 1. The first-order valence-electron chi connectivity index (χ1n) is 11.0. The van der Waals surface area contributed by atoms with Crippen molar-refractivity contribution in [2.75, 3.05) is 6.54 Å². The minimum atomic E-state index is -0.382. The van der Waals surface area contributed by atoms with Crippen molar-refractivity contribution < 1.29 is 14.4 Å². The standard InChI is InChI=1S/C25H31N3O3/c1-4-5-6-18-7-11-20(12-8-18)23(17(2)3)27-24(30)21-13-9-19(10-14-21)16-28-22(29)15-26-25(28)31/h7-14,17,23H,4-6,15-16H2,1-3H3,(H,26,31)(H,27,30). The lowest BCUT2D eigenvalue weighted by molar-refractivity contribution is -0.125. The van der Waals surface area contributed by atoms with Gasteiger partial charge in [0.25, 0.3) is 5.91 Å². The molecule has 1 saturated heterocycles. The number of carbonyl (C=O) groups is 3. The van der Waals surface area contributed by atoms with E-state index in [-0.39, 0.29) is 42.9 Å². The van der Waals surface area contributed by atoms with E-state index in [1.54, 1.807) is 24.3 Å². The van der Waals surface area contributed by atoms with Gasteiger partial charge in [-0.15, -0.1) is 0 Å². The predicted molar refractivity (Wildman–Crippen MR) is 120 cm³/mol. The van der Waals surface area contributed by atoms with Gasteiger partial charge in [-0.1, -0.05) is 63.6 Å². The third-order valence-corrected chi connectivity index (χ3v) is 5.60. The van der Waals surface area contributed by atoms with Crippen molar-refractivity contribution in [1.82, 2.24) is 15.5 Å². The number of carbonyl (C=O) groups excluding carboxylic acids is 3. The molecule has 4 amide bonds. The summed E-state index contributed by atoms with van der Waals surface area (Å²) in [4.78, 5) is 37.5. The van der Waals surface area contributed by atoms with E-state index in [4.69, 9.17) is 0 Å². The zero-order valence-electron chi connectivity index (χ0n) is 18.5. The smallest absolute Gasteiger partial charge is 0.324 e. The molecule has 2 aromatic rings. The Morgan fingerprint density at radius 3 is 2.23 bits per heavy atom. The van der Waals surface area contributed by atoms with Crippen LogP contribution in [-0.2, 0) is 17.8 Å². The van der Waals surface area contributed by atoms with Gasteiger partial charge in [0.15, 0.2) is 0 Å². The minimum Gasteiger partial charge on any atom is -0.345 e. The highest BCUT2D eigenvalue weighted by molar-refractivity contribution is 6.01. The highest BCUT2D eigenvalue weighted by Gasteiger charge is 2.28. The van der Waals surface area contributed by atoms with Crippen molar-refractivity contribution >= 4 is 17.8 Å². The molecular formula is C25H31N3O3. The summed E-state index contributed by atoms with van der Waals surface area (Å²) < 4.78 is 0. The van der Waals surface area contributed by atoms with Crippen LogP contribution in [0.4, 0.5) is 4.79 Å². The average molecular weight is 422 g/mol. The number of unbranched alkanes of at least 4 members (excludes halogenated alkanes) is 1. The molecule has 1 aliphatic rings. The Bertz CT molecular complexity index is 904. The molecule has 2 N–H and O–H groups in total. The lowest BCUT2D eigenvalue weighted by atomic mass is 9.94. The normalized spacial score (nSPS) is 14.6. The van der Waals surface area contributed by atoms with Crippen LogP contribution in [0.25, 0.3) is 0 Å². The van der Waals surface area contributed by atoms with Gasteiger partial charge in [-0.25, -0.2) is 4.79 Å². The number of imide groups is 1. The van der Waals surface area contributed by atoms with Gasteiger partial charge in [-0.05, 0) is 47.6 Å². The summed E-state index contributed by atoms with van der Waals surface area (Å²) in [5.74, 6) is -0.146. The molecular weight excluding hydrogens is 390 g/mol. The topological polar surface area (TPSA) is 78.5 Å². The van der Waals surface area contributed by atoms with Gasteiger partial charge in [0.1, 0.15) is 0 Å². The highest BCUT2D eigenvalue weighted by atomic mass is 16.2. The van der Waals surface area contributed by atoms with Crippen molar-refractivity contribution in [3.63, 3.8) is 0 Å². The lowest BCUT2D eigenvalue weighted by Crippen LogP contribution is -2.32. The Hall–Kier alpha value is -3.15. The zero-order chi connectivity index (χ0) is 22.4. The minimum absolute atomic E-state index is 0.0372. The first-order valence-corrected chi connectivity index (χ1v) is 11.0. The molecule has 0 bridgehead atoms. The Morgan fingerprint density at radius 1 is 1.03 bits per heavy atom. The number of nitrogens with one attached hydrogen (secondary N) is 2. The monoisotopic (exact) mass is 421 g/mol. The molecule has 1 heterocycles. The Labute approximate surface area is 184 Å². The largest absolute Gasteiger partial charge is 0.345 e. The van der Waals surface area contributed by atoms with Crippen LogP contribution in [0.5, 0.6) is 0 Å². The van der Waals surface area contributed by atoms with Gasteiger partial charge in [0, 0.05) is 5.56 Å². The highest BCUT2D eigenvalue weighted by Crippen LogP contribution is 2.23. The molecule has 0 aromatic heterocycles. The number of hydrogen-bond donors (Lipinski definition) is 2. The van der Waals surface area contributed by atoms with E-state index in [0.717, 1.165) is 17.5 Å². The Balaban J connectivity index is 1.65. The fourth-order valence-electron chi connectivity index (χ4n) is 3.69. The van der Waals surface area contributed by atoms with Crippen LogP contribution in [0, 0.1) is 5.92 Å². The van der Waals surface area contributed by atoms with Crippen molar-refractivity contribution in [2.24, 2.45) is 5.92 Å². The number of amides is 4. The van der Waals surface area contributed by atoms with Crippen LogP contribution >= 0.6 is 0 Å². The SMILES string of the molecule is CCCCc1ccc(C(NC(=O)c2ccc(CN3C(=O)CNC3=O)cc2)C(C)C)cc1. The van der Waals surface area contributed by atoms with Crippen molar-refractivity contribution in [3.8, 4) is 0 Å². The van der Waals surface area contributed by atoms with Crippen LogP contribution in [0.15, 0.2) is 48.5 Å². The zero-order valence-corrected chi connectivity index (χ0v) is 18.5. The third kappa shape index (κ3) is 5.72. The van der Waals surface area contributed by atoms with E-state index < -0.39 is 0 Å². The van der Waals surface area contributed by atoms with Gasteiger partial charge in [0.2, 0.25) is 5.91 Å². The predicted octanol–water partition coefficient (Wildman–Crippen LogP) is 4.21. The van der Waals surface area contributed by atoms with Gasteiger partial charge < -0.3 is 10.6 Å². The summed E-state index contributed by atoms with van der Waals surface area (Å²) in [5.41, 5.74) is 3.76.